The third-order valence-electron chi connectivity index (χ3n) is 3.57. The second kappa shape index (κ2) is 5.02. The predicted octanol–water partition coefficient (Wildman–Crippen LogP) is 2.16. The van der Waals surface area contributed by atoms with Gasteiger partial charge < -0.3 is 14.6 Å². The number of piperidine rings is 1. The Morgan fingerprint density at radius 1 is 1.50 bits per heavy atom. The highest BCUT2D eigenvalue weighted by atomic mass is 16.3. The molecule has 1 fully saturated rings. The van der Waals surface area contributed by atoms with Crippen LogP contribution in [0.4, 0.5) is 0 Å². The topological polar surface area (TPSA) is 28.4 Å². The first kappa shape index (κ1) is 11.7. The van der Waals surface area contributed by atoms with Crippen molar-refractivity contribution in [2.75, 3.05) is 13.6 Å². The second-order valence-electron chi connectivity index (χ2n) is 4.94. The number of rotatable bonds is 3. The van der Waals surface area contributed by atoms with Crippen LogP contribution in [0.25, 0.3) is 0 Å². The number of aryl methyl sites for hydroxylation is 1. The van der Waals surface area contributed by atoms with Crippen molar-refractivity contribution in [1.82, 2.24) is 10.2 Å². The number of likely N-dealkylation sites (tertiary alicyclic amines) is 1. The molecule has 0 saturated carbocycles. The van der Waals surface area contributed by atoms with Gasteiger partial charge in [0.05, 0.1) is 6.54 Å². The van der Waals surface area contributed by atoms with E-state index >= 15 is 0 Å². The van der Waals surface area contributed by atoms with Crippen molar-refractivity contribution in [1.29, 1.82) is 0 Å². The van der Waals surface area contributed by atoms with Gasteiger partial charge in [-0.15, -0.1) is 0 Å². The highest BCUT2D eigenvalue weighted by molar-refractivity contribution is 5.05. The van der Waals surface area contributed by atoms with Crippen LogP contribution in [0.15, 0.2) is 16.5 Å². The summed E-state index contributed by atoms with van der Waals surface area (Å²) in [4.78, 5) is 2.43. The fraction of sp³-hybridized carbons (Fsp3) is 0.692. The number of hydrogen-bond donors (Lipinski definition) is 1. The molecule has 0 spiro atoms. The van der Waals surface area contributed by atoms with E-state index in [0.29, 0.717) is 12.1 Å². The average molecular weight is 222 g/mol. The van der Waals surface area contributed by atoms with Gasteiger partial charge in [-0.05, 0) is 52.4 Å². The Labute approximate surface area is 97.8 Å². The number of nitrogens with one attached hydrogen (secondary N) is 1. The van der Waals surface area contributed by atoms with Gasteiger partial charge in [-0.25, -0.2) is 0 Å². The highest BCUT2D eigenvalue weighted by Crippen LogP contribution is 2.16. The van der Waals surface area contributed by atoms with E-state index < -0.39 is 0 Å². The van der Waals surface area contributed by atoms with E-state index in [2.05, 4.69) is 30.3 Å². The molecule has 16 heavy (non-hydrogen) atoms. The first-order valence-corrected chi connectivity index (χ1v) is 6.14. The summed E-state index contributed by atoms with van der Waals surface area (Å²) in [6.07, 6.45) is 2.47. The van der Waals surface area contributed by atoms with E-state index in [9.17, 15) is 0 Å². The highest BCUT2D eigenvalue weighted by Gasteiger charge is 2.22. The summed E-state index contributed by atoms with van der Waals surface area (Å²) in [7, 11) is 2.21. The van der Waals surface area contributed by atoms with Crippen molar-refractivity contribution in [3.63, 3.8) is 0 Å². The van der Waals surface area contributed by atoms with Crippen molar-refractivity contribution < 1.29 is 4.42 Å². The molecule has 2 unspecified atom stereocenters. The Hall–Kier alpha value is -0.800. The van der Waals surface area contributed by atoms with Crippen LogP contribution in [-0.2, 0) is 6.54 Å². The van der Waals surface area contributed by atoms with Crippen molar-refractivity contribution in [2.45, 2.75) is 45.3 Å². The lowest BCUT2D eigenvalue weighted by Gasteiger charge is -2.35. The van der Waals surface area contributed by atoms with E-state index in [0.717, 1.165) is 18.1 Å². The smallest absolute Gasteiger partial charge is 0.117 e. The van der Waals surface area contributed by atoms with E-state index in [4.69, 9.17) is 4.42 Å². The van der Waals surface area contributed by atoms with Crippen molar-refractivity contribution in [3.05, 3.63) is 23.7 Å². The first-order chi connectivity index (χ1) is 7.65. The van der Waals surface area contributed by atoms with Crippen LogP contribution < -0.4 is 5.32 Å². The summed E-state index contributed by atoms with van der Waals surface area (Å²) in [5.41, 5.74) is 0. The largest absolute Gasteiger partial charge is 0.465 e. The van der Waals surface area contributed by atoms with Gasteiger partial charge in [0.15, 0.2) is 0 Å². The normalized spacial score (nSPS) is 27.2. The molecule has 3 nitrogen and oxygen atoms in total. The third-order valence-corrected chi connectivity index (χ3v) is 3.57. The Bertz CT molecular complexity index is 334. The van der Waals surface area contributed by atoms with Gasteiger partial charge in [0.2, 0.25) is 0 Å². The number of hydrogen-bond acceptors (Lipinski definition) is 3. The molecule has 2 atom stereocenters. The standard InChI is InChI=1S/C13H22N2O/c1-10-8-12(6-7-15(10)3)14-9-13-5-4-11(2)16-13/h4-5,10,12,14H,6-9H2,1-3H3. The van der Waals surface area contributed by atoms with E-state index in [1.165, 1.54) is 19.4 Å². The fourth-order valence-electron chi connectivity index (χ4n) is 2.30. The summed E-state index contributed by atoms with van der Waals surface area (Å²) in [5.74, 6) is 2.04. The molecule has 1 aromatic rings. The molecular weight excluding hydrogens is 200 g/mol. The summed E-state index contributed by atoms with van der Waals surface area (Å²) in [5, 5.41) is 3.58. The third kappa shape index (κ3) is 2.86. The zero-order valence-corrected chi connectivity index (χ0v) is 10.5. The first-order valence-electron chi connectivity index (χ1n) is 6.14. The Balaban J connectivity index is 1.78. The van der Waals surface area contributed by atoms with Crippen LogP contribution in [-0.4, -0.2) is 30.6 Å². The molecule has 2 heterocycles. The molecular formula is C13H22N2O. The van der Waals surface area contributed by atoms with Gasteiger partial charge in [-0.1, -0.05) is 0 Å². The number of furan rings is 1. The van der Waals surface area contributed by atoms with E-state index in [-0.39, 0.29) is 0 Å². The van der Waals surface area contributed by atoms with E-state index in [1.54, 1.807) is 0 Å². The quantitative estimate of drug-likeness (QED) is 0.849. The van der Waals surface area contributed by atoms with Crippen molar-refractivity contribution in [3.8, 4) is 0 Å². The fourth-order valence-corrected chi connectivity index (χ4v) is 2.30. The molecule has 0 radical (unpaired) electrons. The van der Waals surface area contributed by atoms with Crippen LogP contribution in [0, 0.1) is 6.92 Å². The maximum Gasteiger partial charge on any atom is 0.117 e. The summed E-state index contributed by atoms with van der Waals surface area (Å²) < 4.78 is 5.55. The minimum Gasteiger partial charge on any atom is -0.465 e. The molecule has 0 bridgehead atoms. The molecule has 0 aliphatic carbocycles. The van der Waals surface area contributed by atoms with Gasteiger partial charge in [0, 0.05) is 12.1 Å². The van der Waals surface area contributed by atoms with Crippen molar-refractivity contribution >= 4 is 0 Å². The number of nitrogens with zero attached hydrogens (tertiary/aromatic N) is 1. The van der Waals surface area contributed by atoms with Crippen LogP contribution in [0.1, 0.15) is 31.3 Å². The molecule has 2 rings (SSSR count). The molecule has 0 aromatic carbocycles. The van der Waals surface area contributed by atoms with Gasteiger partial charge >= 0.3 is 0 Å². The maximum atomic E-state index is 5.55. The summed E-state index contributed by atoms with van der Waals surface area (Å²) in [6, 6.07) is 5.40. The van der Waals surface area contributed by atoms with E-state index in [1.807, 2.05) is 13.0 Å². The van der Waals surface area contributed by atoms with Crippen LogP contribution >= 0.6 is 0 Å². The second-order valence-corrected chi connectivity index (χ2v) is 4.94. The van der Waals surface area contributed by atoms with Gasteiger partial charge in [0.1, 0.15) is 11.5 Å². The zero-order chi connectivity index (χ0) is 11.5. The molecule has 1 N–H and O–H groups in total. The van der Waals surface area contributed by atoms with Crippen LogP contribution in [0.3, 0.4) is 0 Å². The molecule has 1 saturated heterocycles. The summed E-state index contributed by atoms with van der Waals surface area (Å²) in [6.45, 7) is 6.33. The molecule has 1 aliphatic heterocycles. The minimum atomic E-state index is 0.636. The van der Waals surface area contributed by atoms with Gasteiger partial charge in [-0.3, -0.25) is 0 Å². The summed E-state index contributed by atoms with van der Waals surface area (Å²) >= 11 is 0. The molecule has 90 valence electrons. The lowest BCUT2D eigenvalue weighted by Crippen LogP contribution is -2.45. The monoisotopic (exact) mass is 222 g/mol. The lowest BCUT2D eigenvalue weighted by molar-refractivity contribution is 0.166. The Morgan fingerprint density at radius 2 is 2.31 bits per heavy atom. The Morgan fingerprint density at radius 3 is 2.94 bits per heavy atom. The van der Waals surface area contributed by atoms with Gasteiger partial charge in [0.25, 0.3) is 0 Å². The van der Waals surface area contributed by atoms with Crippen LogP contribution in [0.5, 0.6) is 0 Å². The molecule has 1 aromatic heterocycles. The molecule has 0 amide bonds. The maximum absolute atomic E-state index is 5.55. The van der Waals surface area contributed by atoms with Crippen LogP contribution in [0.2, 0.25) is 0 Å². The average Bonchev–Trinajstić information content (AvgIpc) is 2.66. The van der Waals surface area contributed by atoms with Crippen molar-refractivity contribution in [2.24, 2.45) is 0 Å². The minimum absolute atomic E-state index is 0.636. The molecule has 1 aliphatic rings. The van der Waals surface area contributed by atoms with Gasteiger partial charge in [-0.2, -0.15) is 0 Å². The SMILES string of the molecule is Cc1ccc(CNC2CCN(C)C(C)C2)o1. The zero-order valence-electron chi connectivity index (χ0n) is 10.5. The molecule has 3 heteroatoms. The Kier molecular flexibility index (Phi) is 3.66. The predicted molar refractivity (Wildman–Crippen MR) is 65.4 cm³/mol. The lowest BCUT2D eigenvalue weighted by atomic mass is 9.99.